The number of benzene rings is 3. The third-order valence-electron chi connectivity index (χ3n) is 6.48. The Hall–Kier alpha value is -4.03. The van der Waals surface area contributed by atoms with E-state index < -0.39 is 23.5 Å². The Kier molecular flexibility index (Phi) is 8.46. The van der Waals surface area contributed by atoms with Crippen molar-refractivity contribution in [2.75, 3.05) is 6.79 Å². The second-order valence-corrected chi connectivity index (χ2v) is 10.6. The summed E-state index contributed by atoms with van der Waals surface area (Å²) in [5.74, 6) is 1.23. The number of halogens is 6. The molecule has 0 bridgehead atoms. The van der Waals surface area contributed by atoms with Gasteiger partial charge in [-0.2, -0.15) is 26.3 Å². The first kappa shape index (κ1) is 29.5. The first-order valence-corrected chi connectivity index (χ1v) is 13.6. The second-order valence-electron chi connectivity index (χ2n) is 9.69. The van der Waals surface area contributed by atoms with Gasteiger partial charge in [0.05, 0.1) is 29.1 Å². The molecule has 5 rings (SSSR count). The molecule has 1 aromatic heterocycles. The van der Waals surface area contributed by atoms with Crippen molar-refractivity contribution < 1.29 is 35.8 Å². The number of rotatable bonds is 10. The zero-order chi connectivity index (χ0) is 29.9. The van der Waals surface area contributed by atoms with E-state index in [0.29, 0.717) is 52.1 Å². The molecule has 0 spiro atoms. The molecule has 1 aliphatic rings. The van der Waals surface area contributed by atoms with E-state index in [9.17, 15) is 26.3 Å². The summed E-state index contributed by atoms with van der Waals surface area (Å²) in [5, 5.41) is 5.49. The lowest BCUT2D eigenvalue weighted by Crippen LogP contribution is -2.23. The van der Waals surface area contributed by atoms with Gasteiger partial charge >= 0.3 is 12.4 Å². The van der Waals surface area contributed by atoms with E-state index in [1.54, 1.807) is 23.6 Å². The van der Waals surface area contributed by atoms with Gasteiger partial charge in [0.15, 0.2) is 11.5 Å². The predicted molar refractivity (Wildman–Crippen MR) is 146 cm³/mol. The van der Waals surface area contributed by atoms with Gasteiger partial charge in [0.25, 0.3) is 0 Å². The van der Waals surface area contributed by atoms with Gasteiger partial charge in [0, 0.05) is 25.0 Å². The molecule has 0 saturated carbocycles. The minimum atomic E-state index is -4.45. The molecule has 0 saturated heterocycles. The first-order valence-electron chi connectivity index (χ1n) is 12.7. The van der Waals surface area contributed by atoms with E-state index in [0.717, 1.165) is 29.8 Å². The van der Waals surface area contributed by atoms with Crippen LogP contribution in [0.25, 0.3) is 5.70 Å². The maximum absolute atomic E-state index is 13.3. The Labute approximate surface area is 242 Å². The van der Waals surface area contributed by atoms with E-state index in [2.05, 4.69) is 16.9 Å². The summed E-state index contributed by atoms with van der Waals surface area (Å²) in [6.07, 6.45) is -8.89. The lowest BCUT2D eigenvalue weighted by atomic mass is 10.1. The van der Waals surface area contributed by atoms with Crippen molar-refractivity contribution in [1.29, 1.82) is 0 Å². The van der Waals surface area contributed by atoms with Crippen LogP contribution in [0.3, 0.4) is 0 Å². The van der Waals surface area contributed by atoms with Crippen molar-refractivity contribution in [3.05, 3.63) is 117 Å². The molecular formula is C30H25F6N3O2S. The molecule has 0 amide bonds. The number of hydrogen-bond donors (Lipinski definition) is 1. The summed E-state index contributed by atoms with van der Waals surface area (Å²) in [4.78, 5) is 6.59. The molecule has 1 N–H and O–H groups in total. The molecular weight excluding hydrogens is 580 g/mol. The zero-order valence-electron chi connectivity index (χ0n) is 22.1. The number of aromatic nitrogens is 1. The number of alkyl halides is 6. The van der Waals surface area contributed by atoms with Gasteiger partial charge in [0.2, 0.25) is 6.79 Å². The van der Waals surface area contributed by atoms with Crippen LogP contribution in [0.4, 0.5) is 26.3 Å². The highest BCUT2D eigenvalue weighted by molar-refractivity contribution is 7.09. The SMILES string of the molecule is C=C(NCc1cccc(C(F)(F)F)c1)c1csc(CN(Cc2cccc(C(F)(F)F)c2)Cc2ccc3c(c2)OCO3)n1. The molecule has 0 unspecified atom stereocenters. The average molecular weight is 606 g/mol. The quantitative estimate of drug-likeness (QED) is 0.187. The Bertz CT molecular complexity index is 1570. The number of hydrogen-bond acceptors (Lipinski definition) is 6. The summed E-state index contributed by atoms with van der Waals surface area (Å²) in [6.45, 7) is 5.17. The Morgan fingerprint density at radius 2 is 1.43 bits per heavy atom. The number of nitrogens with zero attached hydrogens (tertiary/aromatic N) is 2. The summed E-state index contributed by atoms with van der Waals surface area (Å²) < 4.78 is 89.9. The minimum absolute atomic E-state index is 0.125. The Balaban J connectivity index is 1.29. The normalized spacial score (nSPS) is 13.0. The van der Waals surface area contributed by atoms with Gasteiger partial charge in [-0.1, -0.05) is 43.0 Å². The van der Waals surface area contributed by atoms with Crippen LogP contribution in [0.2, 0.25) is 0 Å². The van der Waals surface area contributed by atoms with E-state index in [1.165, 1.54) is 23.5 Å². The number of ether oxygens (including phenoxy) is 2. The van der Waals surface area contributed by atoms with Crippen LogP contribution in [0.1, 0.15) is 38.5 Å². The predicted octanol–water partition coefficient (Wildman–Crippen LogP) is 7.87. The average Bonchev–Trinajstić information content (AvgIpc) is 3.60. The maximum atomic E-state index is 13.3. The molecule has 0 atom stereocenters. The van der Waals surface area contributed by atoms with Crippen LogP contribution in [0.15, 0.2) is 78.7 Å². The van der Waals surface area contributed by atoms with Gasteiger partial charge in [-0.15, -0.1) is 11.3 Å². The molecule has 5 nitrogen and oxygen atoms in total. The molecule has 0 aliphatic carbocycles. The van der Waals surface area contributed by atoms with Crippen LogP contribution in [0.5, 0.6) is 11.5 Å². The highest BCUT2D eigenvalue weighted by Gasteiger charge is 2.31. The topological polar surface area (TPSA) is 46.6 Å². The van der Waals surface area contributed by atoms with Gasteiger partial charge in [-0.3, -0.25) is 4.90 Å². The number of thiazole rings is 1. The van der Waals surface area contributed by atoms with Gasteiger partial charge in [-0.05, 0) is 47.0 Å². The molecule has 3 aromatic carbocycles. The lowest BCUT2D eigenvalue weighted by molar-refractivity contribution is -0.138. The highest BCUT2D eigenvalue weighted by Crippen LogP contribution is 2.34. The van der Waals surface area contributed by atoms with E-state index in [1.807, 2.05) is 17.0 Å². The van der Waals surface area contributed by atoms with Crippen molar-refractivity contribution in [2.24, 2.45) is 0 Å². The van der Waals surface area contributed by atoms with Crippen LogP contribution in [-0.2, 0) is 38.5 Å². The molecule has 4 aromatic rings. The van der Waals surface area contributed by atoms with Gasteiger partial charge < -0.3 is 14.8 Å². The molecule has 1 aliphatic heterocycles. The number of fused-ring (bicyclic) bond motifs is 1. The maximum Gasteiger partial charge on any atom is 0.416 e. The van der Waals surface area contributed by atoms with E-state index in [4.69, 9.17) is 9.47 Å². The van der Waals surface area contributed by atoms with Gasteiger partial charge in [-0.25, -0.2) is 4.98 Å². The highest BCUT2D eigenvalue weighted by atomic mass is 32.1. The second kappa shape index (κ2) is 12.1. The molecule has 42 heavy (non-hydrogen) atoms. The standard InChI is InChI=1S/C30H25F6N3O2S/c1-19(37-13-20-4-2-6-23(10-20)29(31,32)33)25-17-42-28(38-25)16-39(14-21-5-3-7-24(11-21)30(34,35)36)15-22-8-9-26-27(12-22)41-18-40-26/h2-12,17,37H,1,13-16,18H2. The largest absolute Gasteiger partial charge is 0.454 e. The summed E-state index contributed by atoms with van der Waals surface area (Å²) in [7, 11) is 0. The van der Waals surface area contributed by atoms with Crippen LogP contribution < -0.4 is 14.8 Å². The minimum Gasteiger partial charge on any atom is -0.454 e. The van der Waals surface area contributed by atoms with E-state index in [-0.39, 0.29) is 19.9 Å². The number of nitrogens with one attached hydrogen (secondary N) is 1. The van der Waals surface area contributed by atoms with Crippen molar-refractivity contribution in [2.45, 2.75) is 38.5 Å². The summed E-state index contributed by atoms with van der Waals surface area (Å²) in [5.41, 5.74) is 1.34. The molecule has 220 valence electrons. The molecule has 12 heteroatoms. The molecule has 0 fully saturated rings. The van der Waals surface area contributed by atoms with Crippen molar-refractivity contribution >= 4 is 17.0 Å². The fourth-order valence-corrected chi connectivity index (χ4v) is 5.29. The van der Waals surface area contributed by atoms with Crippen LogP contribution >= 0.6 is 11.3 Å². The third kappa shape index (κ3) is 7.42. The van der Waals surface area contributed by atoms with Crippen molar-refractivity contribution in [1.82, 2.24) is 15.2 Å². The van der Waals surface area contributed by atoms with Crippen molar-refractivity contribution in [3.8, 4) is 11.5 Å². The van der Waals surface area contributed by atoms with Crippen LogP contribution in [0, 0.1) is 0 Å². The smallest absolute Gasteiger partial charge is 0.416 e. The lowest BCUT2D eigenvalue weighted by Gasteiger charge is -2.22. The fourth-order valence-electron chi connectivity index (χ4n) is 4.44. The molecule has 0 radical (unpaired) electrons. The Morgan fingerprint density at radius 1 is 0.810 bits per heavy atom. The summed E-state index contributed by atoms with van der Waals surface area (Å²) in [6, 6.07) is 15.7. The summed E-state index contributed by atoms with van der Waals surface area (Å²) >= 11 is 1.36. The zero-order valence-corrected chi connectivity index (χ0v) is 22.9. The molecule has 2 heterocycles. The monoisotopic (exact) mass is 605 g/mol. The first-order chi connectivity index (χ1) is 19.9. The fraction of sp³-hybridized carbons (Fsp3) is 0.233. The van der Waals surface area contributed by atoms with E-state index >= 15 is 0 Å². The third-order valence-corrected chi connectivity index (χ3v) is 7.32. The Morgan fingerprint density at radius 3 is 2.12 bits per heavy atom. The van der Waals surface area contributed by atoms with Crippen molar-refractivity contribution in [3.63, 3.8) is 0 Å². The van der Waals surface area contributed by atoms with Gasteiger partial charge in [0.1, 0.15) is 5.01 Å². The van der Waals surface area contributed by atoms with Crippen LogP contribution in [-0.4, -0.2) is 16.7 Å².